The van der Waals surface area contributed by atoms with Crippen LogP contribution >= 0.6 is 0 Å². The van der Waals surface area contributed by atoms with E-state index in [-0.39, 0.29) is 37.6 Å². The molecule has 5 nitrogen and oxygen atoms in total. The van der Waals surface area contributed by atoms with Gasteiger partial charge in [0.1, 0.15) is 6.61 Å². The second kappa shape index (κ2) is 7.35. The molecular formula is C13H11F2N2NaO3. The summed E-state index contributed by atoms with van der Waals surface area (Å²) >= 11 is 0. The summed E-state index contributed by atoms with van der Waals surface area (Å²) in [6.45, 7) is -0.0774. The van der Waals surface area contributed by atoms with Gasteiger partial charge in [-0.15, -0.1) is 0 Å². The summed E-state index contributed by atoms with van der Waals surface area (Å²) < 4.78 is 32.4. The fourth-order valence-electron chi connectivity index (χ4n) is 1.62. The molecule has 0 spiro atoms. The Morgan fingerprint density at radius 3 is 2.48 bits per heavy atom. The van der Waals surface area contributed by atoms with Crippen molar-refractivity contribution in [2.75, 3.05) is 5.73 Å². The summed E-state index contributed by atoms with van der Waals surface area (Å²) in [5.41, 5.74) is 4.38. The quantitative estimate of drug-likeness (QED) is 0.377. The van der Waals surface area contributed by atoms with Gasteiger partial charge < -0.3 is 11.9 Å². The minimum atomic E-state index is -1.27. The molecule has 0 aromatic heterocycles. The summed E-state index contributed by atoms with van der Waals surface area (Å²) in [6, 6.07) is 9.24. The molecule has 2 aromatic carbocycles. The second-order valence-electron chi connectivity index (χ2n) is 3.97. The maximum Gasteiger partial charge on any atom is 1.00 e. The zero-order chi connectivity index (χ0) is 14.7. The third-order valence-corrected chi connectivity index (χ3v) is 2.61. The molecule has 21 heavy (non-hydrogen) atoms. The third kappa shape index (κ3) is 3.90. The van der Waals surface area contributed by atoms with E-state index < -0.39 is 33.7 Å². The predicted octanol–water partition coefficient (Wildman–Crippen LogP) is 0.151. The molecule has 0 saturated heterocycles. The van der Waals surface area contributed by atoms with E-state index in [1.165, 1.54) is 0 Å². The molecule has 0 saturated carbocycles. The fourth-order valence-corrected chi connectivity index (χ4v) is 1.62. The molecule has 0 heterocycles. The van der Waals surface area contributed by atoms with Crippen molar-refractivity contribution in [3.63, 3.8) is 0 Å². The van der Waals surface area contributed by atoms with Crippen molar-refractivity contribution in [3.8, 4) is 5.75 Å². The van der Waals surface area contributed by atoms with E-state index in [9.17, 15) is 18.9 Å². The molecule has 2 rings (SSSR count). The van der Waals surface area contributed by atoms with Crippen LogP contribution in [-0.4, -0.2) is 4.92 Å². The number of nitro benzene ring substituents is 1. The van der Waals surface area contributed by atoms with Gasteiger partial charge >= 0.3 is 29.6 Å². The van der Waals surface area contributed by atoms with E-state index in [1.807, 2.05) is 0 Å². The summed E-state index contributed by atoms with van der Waals surface area (Å²) in [5, 5.41) is 10.6. The van der Waals surface area contributed by atoms with Crippen LogP contribution in [0.5, 0.6) is 5.75 Å². The molecule has 0 atom stereocenters. The zero-order valence-electron chi connectivity index (χ0n) is 12.2. The molecule has 8 heteroatoms. The van der Waals surface area contributed by atoms with Crippen LogP contribution in [0.25, 0.3) is 0 Å². The Kier molecular flexibility index (Phi) is 6.07. The summed E-state index contributed by atoms with van der Waals surface area (Å²) in [7, 11) is 0. The van der Waals surface area contributed by atoms with Crippen molar-refractivity contribution >= 4 is 11.4 Å². The largest absolute Gasteiger partial charge is 1.00 e. The van der Waals surface area contributed by atoms with Crippen LogP contribution < -0.4 is 40.0 Å². The van der Waals surface area contributed by atoms with E-state index in [0.717, 1.165) is 0 Å². The van der Waals surface area contributed by atoms with Gasteiger partial charge in [-0.1, -0.05) is 30.3 Å². The predicted molar refractivity (Wildman–Crippen MR) is 69.3 cm³/mol. The Morgan fingerprint density at radius 2 is 1.90 bits per heavy atom. The van der Waals surface area contributed by atoms with Gasteiger partial charge in [-0.25, -0.2) is 8.78 Å². The number of hydrogen-bond donors (Lipinski definition) is 1. The van der Waals surface area contributed by atoms with Crippen LogP contribution in [0.4, 0.5) is 20.2 Å². The summed E-state index contributed by atoms with van der Waals surface area (Å²) in [5.74, 6) is -3.16. The van der Waals surface area contributed by atoms with Crippen molar-refractivity contribution in [2.45, 2.75) is 6.61 Å². The number of ether oxygens (including phenoxy) is 1. The number of nitrogen functional groups attached to an aromatic ring is 1. The van der Waals surface area contributed by atoms with Crippen molar-refractivity contribution in [2.24, 2.45) is 0 Å². The topological polar surface area (TPSA) is 78.4 Å². The minimum absolute atomic E-state index is 0. The fraction of sp³-hybridized carbons (Fsp3) is 0.0769. The molecule has 0 aliphatic rings. The van der Waals surface area contributed by atoms with Gasteiger partial charge in [0.2, 0.25) is 0 Å². The summed E-state index contributed by atoms with van der Waals surface area (Å²) in [6.07, 6.45) is 0. The number of nitrogens with two attached hydrogens (primary N) is 1. The van der Waals surface area contributed by atoms with Crippen molar-refractivity contribution < 1.29 is 49.4 Å². The monoisotopic (exact) mass is 304 g/mol. The number of rotatable bonds is 4. The third-order valence-electron chi connectivity index (χ3n) is 2.61. The smallest absolute Gasteiger partial charge is 1.00 e. The number of halogens is 2. The average Bonchev–Trinajstić information content (AvgIpc) is 2.43. The van der Waals surface area contributed by atoms with E-state index in [2.05, 4.69) is 0 Å². The molecular weight excluding hydrogens is 293 g/mol. The van der Waals surface area contributed by atoms with Gasteiger partial charge in [0.25, 0.3) is 5.69 Å². The average molecular weight is 304 g/mol. The molecule has 0 aliphatic carbocycles. The maximum absolute atomic E-state index is 13.8. The van der Waals surface area contributed by atoms with Crippen molar-refractivity contribution in [1.29, 1.82) is 0 Å². The van der Waals surface area contributed by atoms with Crippen LogP contribution in [0.3, 0.4) is 0 Å². The second-order valence-corrected chi connectivity index (χ2v) is 3.97. The molecule has 2 N–H and O–H groups in total. The van der Waals surface area contributed by atoms with Crippen LogP contribution in [0, 0.1) is 21.7 Å². The Hall–Kier alpha value is -1.70. The summed E-state index contributed by atoms with van der Waals surface area (Å²) in [4.78, 5) is 9.61. The molecule has 0 aliphatic heterocycles. The molecule has 2 aromatic rings. The van der Waals surface area contributed by atoms with E-state index in [1.54, 1.807) is 30.3 Å². The Labute approximate surface area is 142 Å². The first kappa shape index (κ1) is 17.4. The maximum atomic E-state index is 13.8. The first-order valence-electron chi connectivity index (χ1n) is 5.59. The minimum Gasteiger partial charge on any atom is -1.00 e. The zero-order valence-corrected chi connectivity index (χ0v) is 13.2. The first-order chi connectivity index (χ1) is 9.50. The van der Waals surface area contributed by atoms with E-state index in [0.29, 0.717) is 11.6 Å². The van der Waals surface area contributed by atoms with Gasteiger partial charge in [0, 0.05) is 0 Å². The molecule has 0 amide bonds. The number of hydrogen-bond acceptors (Lipinski definition) is 4. The standard InChI is InChI=1S/C13H10F2N2O3.Na.H/c14-9-6-10(17(18)19)12(16)11(15)13(9)20-7-8-4-2-1-3-5-8;;/h1-6H,7,16H2;;/q;+1;-1. The van der Waals surface area contributed by atoms with Gasteiger partial charge in [0.15, 0.2) is 23.1 Å². The Morgan fingerprint density at radius 1 is 1.29 bits per heavy atom. The van der Waals surface area contributed by atoms with Gasteiger partial charge in [-0.2, -0.15) is 0 Å². The molecule has 0 unspecified atom stereocenters. The number of nitro groups is 1. The van der Waals surface area contributed by atoms with Crippen LogP contribution in [-0.2, 0) is 6.61 Å². The molecule has 0 bridgehead atoms. The van der Waals surface area contributed by atoms with Crippen molar-refractivity contribution in [1.82, 2.24) is 0 Å². The van der Waals surface area contributed by atoms with Crippen LogP contribution in [0.1, 0.15) is 6.99 Å². The van der Waals surface area contributed by atoms with Crippen LogP contribution in [0.2, 0.25) is 0 Å². The number of nitrogens with zero attached hydrogens (tertiary/aromatic N) is 1. The first-order valence-corrected chi connectivity index (χ1v) is 5.59. The van der Waals surface area contributed by atoms with Gasteiger partial charge in [0.05, 0.1) is 11.0 Å². The number of anilines is 1. The van der Waals surface area contributed by atoms with E-state index >= 15 is 0 Å². The van der Waals surface area contributed by atoms with Gasteiger partial charge in [-0.3, -0.25) is 10.1 Å². The van der Waals surface area contributed by atoms with Gasteiger partial charge in [-0.05, 0) is 5.56 Å². The molecule has 0 radical (unpaired) electrons. The van der Waals surface area contributed by atoms with E-state index in [4.69, 9.17) is 10.5 Å². The normalized spacial score (nSPS) is 9.81. The molecule has 0 fully saturated rings. The van der Waals surface area contributed by atoms with Crippen LogP contribution in [0.15, 0.2) is 36.4 Å². The Bertz CT molecular complexity index is 659. The Balaban J connectivity index is 0.00000220. The number of benzene rings is 2. The van der Waals surface area contributed by atoms with Crippen molar-refractivity contribution in [3.05, 3.63) is 63.7 Å². The molecule has 106 valence electrons. The SMILES string of the molecule is Nc1c([N+](=O)[O-])cc(F)c(OCc2ccccc2)c1F.[H-].[Na+].